The van der Waals surface area contributed by atoms with Gasteiger partial charge < -0.3 is 9.30 Å². The molecule has 0 saturated carbocycles. The van der Waals surface area contributed by atoms with Crippen molar-refractivity contribution in [3.05, 3.63) is 64.8 Å². The molecule has 0 unspecified atom stereocenters. The molecule has 7 heteroatoms. The normalized spacial score (nSPS) is 14.1. The number of ether oxygens (including phenoxy) is 1. The highest BCUT2D eigenvalue weighted by atomic mass is 16.5. The van der Waals surface area contributed by atoms with E-state index in [4.69, 9.17) is 16.3 Å². The molecule has 1 aliphatic heterocycles. The number of aromatic nitrogens is 2. The van der Waals surface area contributed by atoms with E-state index >= 15 is 0 Å². The molecule has 1 fully saturated rings. The number of carbonyl (C=O) groups is 2. The number of likely N-dealkylation sites (tertiary alicyclic amines) is 1. The molecule has 4 rings (SSSR count). The van der Waals surface area contributed by atoms with E-state index < -0.39 is 0 Å². The summed E-state index contributed by atoms with van der Waals surface area (Å²) in [5.74, 6) is -0.185. The first-order valence-electron chi connectivity index (χ1n) is 11.9. The molecule has 1 aromatic carbocycles. The zero-order chi connectivity index (χ0) is 24.1. The Morgan fingerprint density at radius 3 is 2.50 bits per heavy atom. The Hall–Kier alpha value is -3.50. The number of benzene rings is 1. The third-order valence-corrected chi connectivity index (χ3v) is 6.33. The van der Waals surface area contributed by atoms with Gasteiger partial charge in [-0.15, -0.1) is 0 Å². The van der Waals surface area contributed by atoms with Crippen molar-refractivity contribution in [2.45, 2.75) is 46.0 Å². The molecule has 1 aliphatic rings. The van der Waals surface area contributed by atoms with Crippen LogP contribution in [0.4, 0.5) is 5.69 Å². The minimum Gasteiger partial charge on any atom is -0.466 e. The van der Waals surface area contributed by atoms with Crippen molar-refractivity contribution in [3.63, 3.8) is 0 Å². The van der Waals surface area contributed by atoms with Gasteiger partial charge in [-0.3, -0.25) is 19.5 Å². The van der Waals surface area contributed by atoms with Crippen molar-refractivity contribution >= 4 is 28.5 Å². The van der Waals surface area contributed by atoms with Crippen LogP contribution in [-0.2, 0) is 16.0 Å². The molecule has 2 aromatic heterocycles. The Labute approximate surface area is 200 Å². The predicted octanol–water partition coefficient (Wildman–Crippen LogP) is 5.05. The number of hydrogen-bond acceptors (Lipinski definition) is 5. The van der Waals surface area contributed by atoms with E-state index in [9.17, 15) is 9.59 Å². The second-order valence-corrected chi connectivity index (χ2v) is 8.66. The number of esters is 1. The van der Waals surface area contributed by atoms with Crippen LogP contribution in [0.15, 0.2) is 36.4 Å². The van der Waals surface area contributed by atoms with Crippen molar-refractivity contribution in [1.29, 1.82) is 0 Å². The molecule has 176 valence electrons. The van der Waals surface area contributed by atoms with E-state index in [2.05, 4.69) is 9.74 Å². The molecule has 0 bridgehead atoms. The fourth-order valence-electron chi connectivity index (χ4n) is 4.67. The first kappa shape index (κ1) is 23.7. The monoisotopic (exact) mass is 458 g/mol. The van der Waals surface area contributed by atoms with Gasteiger partial charge in [0.2, 0.25) is 0 Å². The number of aryl methyl sites for hydroxylation is 1. The van der Waals surface area contributed by atoms with Crippen LogP contribution in [0.25, 0.3) is 21.6 Å². The van der Waals surface area contributed by atoms with Crippen molar-refractivity contribution in [2.24, 2.45) is 0 Å². The first-order valence-corrected chi connectivity index (χ1v) is 11.9. The van der Waals surface area contributed by atoms with Crippen molar-refractivity contribution in [1.82, 2.24) is 14.5 Å². The SMILES string of the molecule is [C-]#[N+]c1ccc(-n2c(C)c(C(=O)CN3CCCCC3)c3nc(CCC(=O)OCC)ccc32)cc1. The van der Waals surface area contributed by atoms with Gasteiger partial charge in [0.1, 0.15) is 0 Å². The van der Waals surface area contributed by atoms with E-state index in [1.807, 2.05) is 35.8 Å². The molecule has 3 aromatic rings. The van der Waals surface area contributed by atoms with E-state index in [1.165, 1.54) is 6.42 Å². The molecule has 0 N–H and O–H groups in total. The topological polar surface area (TPSA) is 68.8 Å². The van der Waals surface area contributed by atoms with Crippen LogP contribution in [0.1, 0.15) is 54.4 Å². The third-order valence-electron chi connectivity index (χ3n) is 6.33. The molecular weight excluding hydrogens is 428 g/mol. The number of nitrogens with zero attached hydrogens (tertiary/aromatic N) is 4. The number of carbonyl (C=O) groups excluding carboxylic acids is 2. The first-order chi connectivity index (χ1) is 16.5. The van der Waals surface area contributed by atoms with Crippen LogP contribution < -0.4 is 0 Å². The largest absolute Gasteiger partial charge is 0.466 e. The fourth-order valence-corrected chi connectivity index (χ4v) is 4.67. The van der Waals surface area contributed by atoms with Gasteiger partial charge in [0.15, 0.2) is 11.5 Å². The molecule has 7 nitrogen and oxygen atoms in total. The fraction of sp³-hybridized carbons (Fsp3) is 0.407. The van der Waals surface area contributed by atoms with E-state index in [0.29, 0.717) is 36.3 Å². The number of rotatable bonds is 8. The van der Waals surface area contributed by atoms with Gasteiger partial charge in [-0.05, 0) is 64.0 Å². The lowest BCUT2D eigenvalue weighted by molar-refractivity contribution is -0.143. The molecular formula is C27H30N4O3. The van der Waals surface area contributed by atoms with Crippen molar-refractivity contribution in [3.8, 4) is 5.69 Å². The molecule has 34 heavy (non-hydrogen) atoms. The average Bonchev–Trinajstić information content (AvgIpc) is 3.14. The summed E-state index contributed by atoms with van der Waals surface area (Å²) in [6, 6.07) is 11.2. The summed E-state index contributed by atoms with van der Waals surface area (Å²) in [4.78, 5) is 35.9. The summed E-state index contributed by atoms with van der Waals surface area (Å²) < 4.78 is 7.08. The highest BCUT2D eigenvalue weighted by molar-refractivity contribution is 6.09. The Kier molecular flexibility index (Phi) is 7.39. The second-order valence-electron chi connectivity index (χ2n) is 8.66. The lowest BCUT2D eigenvalue weighted by Crippen LogP contribution is -2.34. The Morgan fingerprint density at radius 2 is 1.82 bits per heavy atom. The van der Waals surface area contributed by atoms with Crippen molar-refractivity contribution in [2.75, 3.05) is 26.2 Å². The molecule has 0 atom stereocenters. The van der Waals surface area contributed by atoms with Crippen LogP contribution >= 0.6 is 0 Å². The van der Waals surface area contributed by atoms with Crippen LogP contribution in [0.2, 0.25) is 0 Å². The average molecular weight is 459 g/mol. The summed E-state index contributed by atoms with van der Waals surface area (Å²) in [7, 11) is 0. The highest BCUT2D eigenvalue weighted by Crippen LogP contribution is 2.30. The lowest BCUT2D eigenvalue weighted by atomic mass is 10.1. The Bertz CT molecular complexity index is 1230. The summed E-state index contributed by atoms with van der Waals surface area (Å²) in [5.41, 5.74) is 5.18. The minimum atomic E-state index is -0.251. The number of Topliss-reactive ketones (excluding diaryl/α,β-unsaturated/α-hetero) is 1. The van der Waals surface area contributed by atoms with Crippen LogP contribution in [0.3, 0.4) is 0 Å². The van der Waals surface area contributed by atoms with E-state index in [1.54, 1.807) is 19.1 Å². The predicted molar refractivity (Wildman–Crippen MR) is 132 cm³/mol. The summed E-state index contributed by atoms with van der Waals surface area (Å²) >= 11 is 0. The summed E-state index contributed by atoms with van der Waals surface area (Å²) in [6.45, 7) is 13.6. The molecule has 3 heterocycles. The van der Waals surface area contributed by atoms with Crippen LogP contribution in [0.5, 0.6) is 0 Å². The zero-order valence-corrected chi connectivity index (χ0v) is 19.8. The molecule has 0 spiro atoms. The van der Waals surface area contributed by atoms with Crippen molar-refractivity contribution < 1.29 is 14.3 Å². The minimum absolute atomic E-state index is 0.0657. The van der Waals surface area contributed by atoms with Gasteiger partial charge in [0.05, 0.1) is 42.7 Å². The summed E-state index contributed by atoms with van der Waals surface area (Å²) in [6.07, 6.45) is 4.17. The maximum Gasteiger partial charge on any atom is 0.306 e. The number of hydrogen-bond donors (Lipinski definition) is 0. The standard InChI is InChI=1S/C27H30N4O3/c1-4-34-25(33)15-11-21-10-14-23-27(29-21)26(24(32)18-30-16-6-5-7-17-30)19(2)31(23)22-12-8-20(28-3)9-13-22/h8-10,12-14H,4-7,11,15-18H2,1-2H3. The second kappa shape index (κ2) is 10.6. The quantitative estimate of drug-likeness (QED) is 0.268. The van der Waals surface area contributed by atoms with Gasteiger partial charge in [0.25, 0.3) is 0 Å². The maximum atomic E-state index is 13.5. The van der Waals surface area contributed by atoms with Crippen LogP contribution in [-0.4, -0.2) is 52.4 Å². The van der Waals surface area contributed by atoms with Crippen LogP contribution in [0, 0.1) is 13.5 Å². The van der Waals surface area contributed by atoms with Gasteiger partial charge in [-0.1, -0.05) is 18.6 Å². The maximum absolute atomic E-state index is 13.5. The molecule has 0 aliphatic carbocycles. The zero-order valence-electron chi connectivity index (χ0n) is 19.8. The molecule has 0 radical (unpaired) electrons. The number of piperidine rings is 1. The van der Waals surface area contributed by atoms with Gasteiger partial charge in [-0.2, -0.15) is 0 Å². The smallest absolute Gasteiger partial charge is 0.306 e. The lowest BCUT2D eigenvalue weighted by Gasteiger charge is -2.25. The highest BCUT2D eigenvalue weighted by Gasteiger charge is 2.24. The summed E-state index contributed by atoms with van der Waals surface area (Å²) in [5, 5.41) is 0. The number of pyridine rings is 1. The Morgan fingerprint density at radius 1 is 1.09 bits per heavy atom. The Balaban J connectivity index is 1.75. The van der Waals surface area contributed by atoms with Gasteiger partial charge in [-0.25, -0.2) is 4.85 Å². The van der Waals surface area contributed by atoms with E-state index in [-0.39, 0.29) is 18.2 Å². The van der Waals surface area contributed by atoms with Gasteiger partial charge >= 0.3 is 5.97 Å². The number of fused-ring (bicyclic) bond motifs is 1. The van der Waals surface area contributed by atoms with Gasteiger partial charge in [0, 0.05) is 23.5 Å². The number of ketones is 1. The molecule has 0 amide bonds. The molecule has 1 saturated heterocycles. The van der Waals surface area contributed by atoms with E-state index in [0.717, 1.165) is 48.5 Å². The third kappa shape index (κ3) is 5.02.